The second-order valence-electron chi connectivity index (χ2n) is 3.03. The van der Waals surface area contributed by atoms with Crippen molar-refractivity contribution in [2.45, 2.75) is 13.3 Å². The maximum absolute atomic E-state index is 11.2. The van der Waals surface area contributed by atoms with Crippen LogP contribution in [0.15, 0.2) is 0 Å². The Bertz CT molecular complexity index is 293. The highest BCUT2D eigenvalue weighted by Crippen LogP contribution is 2.01. The number of rotatable bonds is 6. The SMILES string of the molecule is COC(=O)NS(=O)(=O)NCC(C)CCCl. The van der Waals surface area contributed by atoms with Crippen LogP contribution in [0.1, 0.15) is 13.3 Å². The van der Waals surface area contributed by atoms with Crippen molar-refractivity contribution in [2.24, 2.45) is 5.92 Å². The first-order chi connectivity index (χ1) is 6.91. The first-order valence-corrected chi connectivity index (χ1v) is 6.34. The van der Waals surface area contributed by atoms with Gasteiger partial charge in [0.2, 0.25) is 0 Å². The lowest BCUT2D eigenvalue weighted by Gasteiger charge is -2.11. The number of halogens is 1. The molecular weight excluding hydrogens is 244 g/mol. The molecule has 2 N–H and O–H groups in total. The molecule has 0 fully saturated rings. The predicted molar refractivity (Wildman–Crippen MR) is 57.0 cm³/mol. The van der Waals surface area contributed by atoms with Crippen LogP contribution in [-0.2, 0) is 14.9 Å². The maximum atomic E-state index is 11.2. The van der Waals surface area contributed by atoms with Gasteiger partial charge in [-0.2, -0.15) is 13.1 Å². The quantitative estimate of drug-likeness (QED) is 0.677. The zero-order valence-electron chi connectivity index (χ0n) is 8.62. The third kappa shape index (κ3) is 7.40. The summed E-state index contributed by atoms with van der Waals surface area (Å²) in [4.78, 5) is 10.6. The fourth-order valence-corrected chi connectivity index (χ4v) is 1.98. The standard InChI is InChI=1S/C7H15ClN2O4S/c1-6(3-4-8)5-9-15(12,13)10-7(11)14-2/h6,9H,3-5H2,1-2H3,(H,10,11). The Morgan fingerprint density at radius 2 is 2.13 bits per heavy atom. The summed E-state index contributed by atoms with van der Waals surface area (Å²) in [6.45, 7) is 2.07. The van der Waals surface area contributed by atoms with Crippen LogP contribution in [0.5, 0.6) is 0 Å². The van der Waals surface area contributed by atoms with Gasteiger partial charge in [0.25, 0.3) is 0 Å². The molecule has 0 rings (SSSR count). The summed E-state index contributed by atoms with van der Waals surface area (Å²) in [6.07, 6.45) is -0.324. The molecule has 1 unspecified atom stereocenters. The second-order valence-corrected chi connectivity index (χ2v) is 4.91. The van der Waals surface area contributed by atoms with Crippen LogP contribution in [0.3, 0.4) is 0 Å². The molecule has 90 valence electrons. The van der Waals surface area contributed by atoms with Gasteiger partial charge in [-0.1, -0.05) is 6.92 Å². The number of alkyl halides is 1. The van der Waals surface area contributed by atoms with Crippen LogP contribution >= 0.6 is 11.6 Å². The van der Waals surface area contributed by atoms with Crippen LogP contribution in [0, 0.1) is 5.92 Å². The maximum Gasteiger partial charge on any atom is 0.421 e. The molecule has 0 aliphatic rings. The second kappa shape index (κ2) is 6.86. The van der Waals surface area contributed by atoms with Crippen molar-refractivity contribution in [1.29, 1.82) is 0 Å². The summed E-state index contributed by atoms with van der Waals surface area (Å²) in [5, 5.41) is 0. The van der Waals surface area contributed by atoms with Gasteiger partial charge in [0.05, 0.1) is 7.11 Å². The largest absolute Gasteiger partial charge is 0.452 e. The first kappa shape index (κ1) is 14.5. The molecule has 1 amide bonds. The smallest absolute Gasteiger partial charge is 0.421 e. The number of carbonyl (C=O) groups excluding carboxylic acids is 1. The summed E-state index contributed by atoms with van der Waals surface area (Å²) in [7, 11) is -2.74. The third-order valence-corrected chi connectivity index (χ3v) is 2.83. The molecule has 0 aliphatic heterocycles. The van der Waals surface area contributed by atoms with Crippen LogP contribution < -0.4 is 9.44 Å². The summed E-state index contributed by atoms with van der Waals surface area (Å²) in [5.41, 5.74) is 0. The number of amides is 1. The summed E-state index contributed by atoms with van der Waals surface area (Å²) in [6, 6.07) is 0. The van der Waals surface area contributed by atoms with E-state index in [1.54, 1.807) is 4.72 Å². The molecule has 0 saturated heterocycles. The zero-order valence-corrected chi connectivity index (χ0v) is 10.2. The van der Waals surface area contributed by atoms with E-state index in [9.17, 15) is 13.2 Å². The highest BCUT2D eigenvalue weighted by atomic mass is 35.5. The lowest BCUT2D eigenvalue weighted by atomic mass is 10.1. The average Bonchev–Trinajstić information content (AvgIpc) is 2.15. The third-order valence-electron chi connectivity index (χ3n) is 1.63. The van der Waals surface area contributed by atoms with E-state index in [0.29, 0.717) is 12.3 Å². The molecule has 6 nitrogen and oxygen atoms in total. The van der Waals surface area contributed by atoms with Crippen molar-refractivity contribution >= 4 is 27.9 Å². The summed E-state index contributed by atoms with van der Waals surface area (Å²) >= 11 is 5.49. The molecule has 1 atom stereocenters. The Balaban J connectivity index is 3.99. The summed E-state index contributed by atoms with van der Waals surface area (Å²) < 4.78 is 30.3. The normalized spacial score (nSPS) is 13.3. The Morgan fingerprint density at radius 3 is 2.60 bits per heavy atom. The number of nitrogens with one attached hydrogen (secondary N) is 2. The fraction of sp³-hybridized carbons (Fsp3) is 0.857. The minimum absolute atomic E-state index is 0.108. The van der Waals surface area contributed by atoms with Crippen LogP contribution in [-0.4, -0.2) is 34.0 Å². The number of methoxy groups -OCH3 is 1. The highest BCUT2D eigenvalue weighted by molar-refractivity contribution is 7.88. The average molecular weight is 259 g/mol. The van der Waals surface area contributed by atoms with Crippen molar-refractivity contribution < 1.29 is 17.9 Å². The van der Waals surface area contributed by atoms with Gasteiger partial charge in [0.1, 0.15) is 0 Å². The Hall–Kier alpha value is -0.530. The topological polar surface area (TPSA) is 84.5 Å². The molecule has 0 radical (unpaired) electrons. The van der Waals surface area contributed by atoms with Gasteiger partial charge < -0.3 is 4.74 Å². The number of hydrogen-bond acceptors (Lipinski definition) is 4. The summed E-state index contributed by atoms with van der Waals surface area (Å²) in [5.74, 6) is 0.574. The monoisotopic (exact) mass is 258 g/mol. The Kier molecular flexibility index (Phi) is 6.62. The Labute approximate surface area is 94.5 Å². The van der Waals surface area contributed by atoms with E-state index in [0.717, 1.165) is 7.11 Å². The van der Waals surface area contributed by atoms with Crippen molar-refractivity contribution in [3.8, 4) is 0 Å². The van der Waals surface area contributed by atoms with Gasteiger partial charge in [-0.05, 0) is 12.3 Å². The van der Waals surface area contributed by atoms with E-state index in [1.807, 2.05) is 6.92 Å². The van der Waals surface area contributed by atoms with Gasteiger partial charge >= 0.3 is 16.3 Å². The first-order valence-electron chi connectivity index (χ1n) is 4.32. The molecule has 15 heavy (non-hydrogen) atoms. The molecule has 0 aromatic heterocycles. The minimum Gasteiger partial charge on any atom is -0.452 e. The van der Waals surface area contributed by atoms with Crippen LogP contribution in [0.2, 0.25) is 0 Å². The van der Waals surface area contributed by atoms with Crippen LogP contribution in [0.25, 0.3) is 0 Å². The molecule has 0 spiro atoms. The Morgan fingerprint density at radius 1 is 1.53 bits per heavy atom. The van der Waals surface area contributed by atoms with E-state index in [2.05, 4.69) is 9.46 Å². The van der Waals surface area contributed by atoms with Crippen molar-refractivity contribution in [2.75, 3.05) is 19.5 Å². The van der Waals surface area contributed by atoms with E-state index in [-0.39, 0.29) is 12.5 Å². The molecular formula is C7H15ClN2O4S. The van der Waals surface area contributed by atoms with Crippen LogP contribution in [0.4, 0.5) is 4.79 Å². The van der Waals surface area contributed by atoms with E-state index < -0.39 is 16.3 Å². The lowest BCUT2D eigenvalue weighted by Crippen LogP contribution is -2.41. The van der Waals surface area contributed by atoms with E-state index in [4.69, 9.17) is 11.6 Å². The van der Waals surface area contributed by atoms with Crippen molar-refractivity contribution in [1.82, 2.24) is 9.44 Å². The van der Waals surface area contributed by atoms with Gasteiger partial charge in [-0.3, -0.25) is 0 Å². The zero-order chi connectivity index (χ0) is 11.9. The number of carbonyl (C=O) groups is 1. The van der Waals surface area contributed by atoms with Gasteiger partial charge in [-0.25, -0.2) is 9.52 Å². The van der Waals surface area contributed by atoms with E-state index >= 15 is 0 Å². The van der Waals surface area contributed by atoms with Gasteiger partial charge in [0, 0.05) is 12.4 Å². The minimum atomic E-state index is -3.82. The fourth-order valence-electron chi connectivity index (χ4n) is 0.728. The molecule has 0 aromatic carbocycles. The van der Waals surface area contributed by atoms with Crippen molar-refractivity contribution in [3.63, 3.8) is 0 Å². The molecule has 0 bridgehead atoms. The van der Waals surface area contributed by atoms with Gasteiger partial charge in [0.15, 0.2) is 0 Å². The van der Waals surface area contributed by atoms with Crippen molar-refractivity contribution in [3.05, 3.63) is 0 Å². The molecule has 0 heterocycles. The highest BCUT2D eigenvalue weighted by Gasteiger charge is 2.14. The van der Waals surface area contributed by atoms with Gasteiger partial charge in [-0.15, -0.1) is 11.6 Å². The predicted octanol–water partition coefficient (Wildman–Crippen LogP) is 0.442. The molecule has 0 aliphatic carbocycles. The molecule has 0 aromatic rings. The molecule has 8 heteroatoms. The molecule has 0 saturated carbocycles. The van der Waals surface area contributed by atoms with E-state index in [1.165, 1.54) is 0 Å². The number of ether oxygens (including phenoxy) is 1. The lowest BCUT2D eigenvalue weighted by molar-refractivity contribution is 0.177. The number of hydrogen-bond donors (Lipinski definition) is 2.